The number of thioether (sulfide) groups is 1. The largest absolute Gasteiger partial charge is 0.481 e. The average Bonchev–Trinajstić information content (AvgIpc) is 2.77. The standard InChI is InChI=1S/C12H22N2O3S/c1-18-8-3-2-7-13-12(17)14-10-6-4-5-9(10)11(15)16/h9-10H,2-8H2,1H3,(H,15,16)(H2,13,14,17). The van der Waals surface area contributed by atoms with Gasteiger partial charge in [-0.2, -0.15) is 11.8 Å². The molecule has 1 aliphatic rings. The van der Waals surface area contributed by atoms with E-state index in [-0.39, 0.29) is 12.1 Å². The highest BCUT2D eigenvalue weighted by Gasteiger charge is 2.33. The minimum absolute atomic E-state index is 0.214. The van der Waals surface area contributed by atoms with Crippen molar-refractivity contribution in [3.63, 3.8) is 0 Å². The van der Waals surface area contributed by atoms with Gasteiger partial charge >= 0.3 is 12.0 Å². The summed E-state index contributed by atoms with van der Waals surface area (Å²) >= 11 is 1.80. The molecule has 2 atom stereocenters. The number of carboxylic acids is 1. The third-order valence-electron chi connectivity index (χ3n) is 3.21. The Morgan fingerprint density at radius 1 is 1.33 bits per heavy atom. The second kappa shape index (κ2) is 8.24. The van der Waals surface area contributed by atoms with Crippen molar-refractivity contribution in [2.45, 2.75) is 38.1 Å². The molecule has 3 N–H and O–H groups in total. The molecule has 104 valence electrons. The lowest BCUT2D eigenvalue weighted by molar-refractivity contribution is -0.142. The molecule has 0 aromatic carbocycles. The molecule has 5 nitrogen and oxygen atoms in total. The van der Waals surface area contributed by atoms with Gasteiger partial charge in [-0.3, -0.25) is 4.79 Å². The summed E-state index contributed by atoms with van der Waals surface area (Å²) in [4.78, 5) is 22.5. The van der Waals surface area contributed by atoms with Crippen LogP contribution in [0.2, 0.25) is 0 Å². The fourth-order valence-corrected chi connectivity index (χ4v) is 2.71. The first-order valence-electron chi connectivity index (χ1n) is 6.41. The van der Waals surface area contributed by atoms with Gasteiger partial charge in [-0.05, 0) is 37.7 Å². The van der Waals surface area contributed by atoms with Crippen molar-refractivity contribution in [2.24, 2.45) is 5.92 Å². The molecular formula is C12H22N2O3S. The van der Waals surface area contributed by atoms with E-state index in [0.717, 1.165) is 31.4 Å². The molecule has 18 heavy (non-hydrogen) atoms. The molecule has 2 unspecified atom stereocenters. The van der Waals surface area contributed by atoms with Crippen LogP contribution < -0.4 is 10.6 Å². The van der Waals surface area contributed by atoms with Crippen LogP contribution in [0.25, 0.3) is 0 Å². The minimum Gasteiger partial charge on any atom is -0.481 e. The van der Waals surface area contributed by atoms with Gasteiger partial charge < -0.3 is 15.7 Å². The first-order valence-corrected chi connectivity index (χ1v) is 7.80. The Morgan fingerprint density at radius 3 is 2.78 bits per heavy atom. The van der Waals surface area contributed by atoms with Gasteiger partial charge in [-0.1, -0.05) is 6.42 Å². The Kier molecular flexibility index (Phi) is 6.93. The Balaban J connectivity index is 2.17. The predicted octanol–water partition coefficient (Wildman–Crippen LogP) is 1.68. The second-order valence-corrected chi connectivity index (χ2v) is 5.57. The summed E-state index contributed by atoms with van der Waals surface area (Å²) in [6, 6.07) is -0.453. The molecule has 0 saturated heterocycles. The highest BCUT2D eigenvalue weighted by molar-refractivity contribution is 7.98. The smallest absolute Gasteiger partial charge is 0.315 e. The summed E-state index contributed by atoms with van der Waals surface area (Å²) < 4.78 is 0. The lowest BCUT2D eigenvalue weighted by Gasteiger charge is -2.17. The third-order valence-corrected chi connectivity index (χ3v) is 3.91. The van der Waals surface area contributed by atoms with Crippen LogP contribution in [0.5, 0.6) is 0 Å². The molecule has 0 aromatic heterocycles. The third kappa shape index (κ3) is 5.16. The van der Waals surface area contributed by atoms with Crippen LogP contribution in [0.1, 0.15) is 32.1 Å². The first kappa shape index (κ1) is 15.1. The molecule has 0 radical (unpaired) electrons. The van der Waals surface area contributed by atoms with E-state index in [0.29, 0.717) is 13.0 Å². The van der Waals surface area contributed by atoms with Crippen molar-refractivity contribution in [3.05, 3.63) is 0 Å². The van der Waals surface area contributed by atoms with Crippen LogP contribution >= 0.6 is 11.8 Å². The molecule has 0 aliphatic heterocycles. The van der Waals surface area contributed by atoms with Crippen LogP contribution in [-0.2, 0) is 4.79 Å². The summed E-state index contributed by atoms with van der Waals surface area (Å²) in [5.74, 6) is -0.127. The molecule has 0 bridgehead atoms. The van der Waals surface area contributed by atoms with E-state index in [1.807, 2.05) is 0 Å². The van der Waals surface area contributed by atoms with Gasteiger partial charge in [0.15, 0.2) is 0 Å². The van der Waals surface area contributed by atoms with Gasteiger partial charge in [-0.15, -0.1) is 0 Å². The second-order valence-electron chi connectivity index (χ2n) is 4.58. The summed E-state index contributed by atoms with van der Waals surface area (Å²) in [5.41, 5.74) is 0. The van der Waals surface area contributed by atoms with Crippen molar-refractivity contribution in [3.8, 4) is 0 Å². The van der Waals surface area contributed by atoms with Crippen molar-refractivity contribution in [1.82, 2.24) is 10.6 Å². The van der Waals surface area contributed by atoms with E-state index in [9.17, 15) is 9.59 Å². The maximum absolute atomic E-state index is 11.6. The topological polar surface area (TPSA) is 78.4 Å². The maximum atomic E-state index is 11.6. The zero-order valence-corrected chi connectivity index (χ0v) is 11.6. The number of rotatable bonds is 7. The summed E-state index contributed by atoms with van der Waals surface area (Å²) in [5, 5.41) is 14.5. The van der Waals surface area contributed by atoms with Crippen LogP contribution in [-0.4, -0.2) is 41.7 Å². The number of hydrogen-bond acceptors (Lipinski definition) is 3. The summed E-state index contributed by atoms with van der Waals surface area (Å²) in [7, 11) is 0. The van der Waals surface area contributed by atoms with Gasteiger partial charge in [0.1, 0.15) is 0 Å². The highest BCUT2D eigenvalue weighted by Crippen LogP contribution is 2.25. The number of aliphatic carboxylic acids is 1. The quantitative estimate of drug-likeness (QED) is 0.617. The molecular weight excluding hydrogens is 252 g/mol. The lowest BCUT2D eigenvalue weighted by atomic mass is 10.0. The Labute approximate surface area is 112 Å². The van der Waals surface area contributed by atoms with Crippen molar-refractivity contribution in [1.29, 1.82) is 0 Å². The Hall–Kier alpha value is -0.910. The van der Waals surface area contributed by atoms with Crippen molar-refractivity contribution in [2.75, 3.05) is 18.6 Å². The van der Waals surface area contributed by atoms with E-state index in [4.69, 9.17) is 5.11 Å². The van der Waals surface area contributed by atoms with Crippen LogP contribution in [0.3, 0.4) is 0 Å². The molecule has 0 heterocycles. The Bertz CT molecular complexity index is 286. The molecule has 0 spiro atoms. The number of carbonyl (C=O) groups is 2. The van der Waals surface area contributed by atoms with E-state index in [2.05, 4.69) is 16.9 Å². The molecule has 1 aliphatic carbocycles. The van der Waals surface area contributed by atoms with Gasteiger partial charge in [0.05, 0.1) is 5.92 Å². The van der Waals surface area contributed by atoms with E-state index in [1.165, 1.54) is 0 Å². The van der Waals surface area contributed by atoms with E-state index in [1.54, 1.807) is 11.8 Å². The number of hydrogen-bond donors (Lipinski definition) is 3. The molecule has 1 saturated carbocycles. The minimum atomic E-state index is -0.808. The highest BCUT2D eigenvalue weighted by atomic mass is 32.2. The van der Waals surface area contributed by atoms with Crippen LogP contribution in [0.15, 0.2) is 0 Å². The Morgan fingerprint density at radius 2 is 2.11 bits per heavy atom. The first-order chi connectivity index (χ1) is 8.65. The average molecular weight is 274 g/mol. The summed E-state index contributed by atoms with van der Waals surface area (Å²) in [6.45, 7) is 0.650. The van der Waals surface area contributed by atoms with Crippen molar-refractivity contribution < 1.29 is 14.7 Å². The fourth-order valence-electron chi connectivity index (χ4n) is 2.22. The van der Waals surface area contributed by atoms with Gasteiger partial charge in [-0.25, -0.2) is 4.79 Å². The number of urea groups is 1. The van der Waals surface area contributed by atoms with Crippen molar-refractivity contribution >= 4 is 23.8 Å². The van der Waals surface area contributed by atoms with Gasteiger partial charge in [0.25, 0.3) is 0 Å². The van der Waals surface area contributed by atoms with Gasteiger partial charge in [0, 0.05) is 12.6 Å². The number of amides is 2. The monoisotopic (exact) mass is 274 g/mol. The molecule has 0 aromatic rings. The molecule has 2 amide bonds. The number of carbonyl (C=O) groups excluding carboxylic acids is 1. The van der Waals surface area contributed by atoms with Crippen LogP contribution in [0, 0.1) is 5.92 Å². The van der Waals surface area contributed by atoms with E-state index < -0.39 is 11.9 Å². The lowest BCUT2D eigenvalue weighted by Crippen LogP contribution is -2.45. The van der Waals surface area contributed by atoms with Crippen LogP contribution in [0.4, 0.5) is 4.79 Å². The number of carboxylic acid groups (broad SMARTS) is 1. The zero-order chi connectivity index (χ0) is 13.4. The molecule has 6 heteroatoms. The normalized spacial score (nSPS) is 22.7. The van der Waals surface area contributed by atoms with Gasteiger partial charge in [0.2, 0.25) is 0 Å². The SMILES string of the molecule is CSCCCCNC(=O)NC1CCCC1C(=O)O. The number of unbranched alkanes of at least 4 members (excludes halogenated alkanes) is 1. The predicted molar refractivity (Wildman–Crippen MR) is 72.9 cm³/mol. The maximum Gasteiger partial charge on any atom is 0.315 e. The summed E-state index contributed by atoms with van der Waals surface area (Å²) in [6.07, 6.45) is 6.40. The number of nitrogens with one attached hydrogen (secondary N) is 2. The van der Waals surface area contributed by atoms with E-state index >= 15 is 0 Å². The molecule has 1 fully saturated rings. The fraction of sp³-hybridized carbons (Fsp3) is 0.833. The zero-order valence-electron chi connectivity index (χ0n) is 10.8. The molecule has 1 rings (SSSR count).